The minimum Gasteiger partial charge on any atom is -0.480 e. The zero-order chi connectivity index (χ0) is 15.2. The molecule has 0 saturated carbocycles. The molecule has 0 aromatic heterocycles. The largest absolute Gasteiger partial charge is 0.480 e. The maximum Gasteiger partial charge on any atom is 0.324 e. The van der Waals surface area contributed by atoms with Crippen LogP contribution in [-0.2, 0) is 4.79 Å². The highest BCUT2D eigenvalue weighted by molar-refractivity contribution is 8.00. The third-order valence-corrected chi connectivity index (χ3v) is 3.61. The lowest BCUT2D eigenvalue weighted by Crippen LogP contribution is -2.23. The first-order chi connectivity index (χ1) is 10.1. The van der Waals surface area contributed by atoms with E-state index >= 15 is 0 Å². The molecule has 0 saturated heterocycles. The van der Waals surface area contributed by atoms with E-state index in [0.29, 0.717) is 0 Å². The molecule has 0 radical (unpaired) electrons. The first-order valence-corrected chi connectivity index (χ1v) is 6.81. The monoisotopic (exact) mass is 304 g/mol. The lowest BCUT2D eigenvalue weighted by molar-refractivity contribution is -0.384. The van der Waals surface area contributed by atoms with Gasteiger partial charge in [0, 0.05) is 11.0 Å². The Morgan fingerprint density at radius 3 is 2.38 bits per heavy atom. The van der Waals surface area contributed by atoms with Gasteiger partial charge in [-0.05, 0) is 30.1 Å². The lowest BCUT2D eigenvalue weighted by Gasteiger charge is -2.21. The van der Waals surface area contributed by atoms with Crippen molar-refractivity contribution >= 4 is 29.3 Å². The Balaban J connectivity index is 2.36. The summed E-state index contributed by atoms with van der Waals surface area (Å²) < 4.78 is 1.40. The number of carboxylic acid groups (broad SMARTS) is 1. The maximum absolute atomic E-state index is 11.1. The van der Waals surface area contributed by atoms with Gasteiger partial charge >= 0.3 is 5.97 Å². The molecule has 1 N–H and O–H groups in total. The van der Waals surface area contributed by atoms with E-state index in [-0.39, 0.29) is 17.9 Å². The number of nitro groups is 1. The Labute approximate surface area is 125 Å². The number of nitrogens with zero attached hydrogens (tertiary/aromatic N) is 2. The number of nitro benzene ring substituents is 1. The average molecular weight is 304 g/mol. The zero-order valence-corrected chi connectivity index (χ0v) is 11.7. The fraction of sp³-hybridized carbons (Fsp3) is 0.0714. The van der Waals surface area contributed by atoms with E-state index < -0.39 is 10.9 Å². The predicted octanol–water partition coefficient (Wildman–Crippen LogP) is 3.19. The molecule has 6 nitrogen and oxygen atoms in total. The summed E-state index contributed by atoms with van der Waals surface area (Å²) in [7, 11) is 0. The SMILES string of the molecule is O=C(O)CN(Sc1ccccc1)c1ccccc1[N+](=O)[O-]. The van der Waals surface area contributed by atoms with E-state index in [1.807, 2.05) is 30.3 Å². The molecular weight excluding hydrogens is 292 g/mol. The summed E-state index contributed by atoms with van der Waals surface area (Å²) in [5.74, 6) is -1.06. The number of hydrogen-bond donors (Lipinski definition) is 1. The molecule has 7 heteroatoms. The molecule has 2 rings (SSSR count). The predicted molar refractivity (Wildman–Crippen MR) is 80.4 cm³/mol. The van der Waals surface area contributed by atoms with E-state index in [1.54, 1.807) is 12.1 Å². The first-order valence-electron chi connectivity index (χ1n) is 6.03. The van der Waals surface area contributed by atoms with Gasteiger partial charge in [-0.1, -0.05) is 30.3 Å². The molecule has 21 heavy (non-hydrogen) atoms. The number of hydrogen-bond acceptors (Lipinski definition) is 5. The van der Waals surface area contributed by atoms with Gasteiger partial charge in [0.25, 0.3) is 5.69 Å². The number of benzene rings is 2. The second kappa shape index (κ2) is 6.76. The fourth-order valence-corrected chi connectivity index (χ4v) is 2.69. The van der Waals surface area contributed by atoms with Crippen LogP contribution in [0.3, 0.4) is 0 Å². The molecule has 0 bridgehead atoms. The summed E-state index contributed by atoms with van der Waals surface area (Å²) in [6.45, 7) is -0.343. The molecular formula is C14H12N2O4S. The maximum atomic E-state index is 11.1. The third-order valence-electron chi connectivity index (χ3n) is 2.58. The van der Waals surface area contributed by atoms with Gasteiger partial charge in [-0.2, -0.15) is 0 Å². The Kier molecular flexibility index (Phi) is 4.78. The number of aliphatic carboxylic acids is 1. The van der Waals surface area contributed by atoms with E-state index in [1.165, 1.54) is 16.4 Å². The van der Waals surface area contributed by atoms with E-state index in [9.17, 15) is 14.9 Å². The number of rotatable bonds is 6. The van der Waals surface area contributed by atoms with Crippen LogP contribution in [-0.4, -0.2) is 22.5 Å². The summed E-state index contributed by atoms with van der Waals surface area (Å²) in [5.41, 5.74) is 0.140. The molecule has 0 atom stereocenters. The van der Waals surface area contributed by atoms with Crippen molar-refractivity contribution in [2.75, 3.05) is 10.8 Å². The van der Waals surface area contributed by atoms with Crippen molar-refractivity contribution in [1.82, 2.24) is 0 Å². The van der Waals surface area contributed by atoms with Gasteiger partial charge in [-0.25, -0.2) is 0 Å². The molecule has 0 amide bonds. The van der Waals surface area contributed by atoms with Gasteiger partial charge in [-0.15, -0.1) is 0 Å². The van der Waals surface area contributed by atoms with Crippen molar-refractivity contribution in [2.24, 2.45) is 0 Å². The molecule has 0 unspecified atom stereocenters. The number of anilines is 1. The molecule has 2 aromatic carbocycles. The van der Waals surface area contributed by atoms with Crippen molar-refractivity contribution in [3.8, 4) is 0 Å². The molecule has 0 spiro atoms. The second-order valence-corrected chi connectivity index (χ2v) is 5.18. The van der Waals surface area contributed by atoms with Crippen LogP contribution >= 0.6 is 11.9 Å². The van der Waals surface area contributed by atoms with Crippen molar-refractivity contribution in [1.29, 1.82) is 0 Å². The van der Waals surface area contributed by atoms with Crippen LogP contribution in [0.15, 0.2) is 59.5 Å². The first kappa shape index (κ1) is 14.9. The van der Waals surface area contributed by atoms with Gasteiger partial charge in [0.05, 0.1) is 4.92 Å². The number of para-hydroxylation sites is 2. The molecule has 0 aliphatic heterocycles. The van der Waals surface area contributed by atoms with Crippen LogP contribution in [0.4, 0.5) is 11.4 Å². The van der Waals surface area contributed by atoms with E-state index in [4.69, 9.17) is 5.11 Å². The number of carbonyl (C=O) groups is 1. The standard InChI is InChI=1S/C14H12N2O4S/c17-14(18)10-15(21-11-6-2-1-3-7-11)12-8-4-5-9-13(12)16(19)20/h1-9H,10H2,(H,17,18). The summed E-state index contributed by atoms with van der Waals surface area (Å²) in [6, 6.07) is 15.2. The quantitative estimate of drug-likeness (QED) is 0.501. The van der Waals surface area contributed by atoms with Crippen molar-refractivity contribution in [3.63, 3.8) is 0 Å². The molecule has 0 aliphatic rings. The van der Waals surface area contributed by atoms with Crippen LogP contribution < -0.4 is 4.31 Å². The Bertz CT molecular complexity index is 648. The normalized spacial score (nSPS) is 10.1. The highest BCUT2D eigenvalue weighted by atomic mass is 32.2. The molecule has 0 heterocycles. The highest BCUT2D eigenvalue weighted by Gasteiger charge is 2.21. The molecule has 108 valence electrons. The third kappa shape index (κ3) is 3.96. The topological polar surface area (TPSA) is 83.7 Å². The fourth-order valence-electron chi connectivity index (χ4n) is 1.73. The van der Waals surface area contributed by atoms with E-state index in [2.05, 4.69) is 0 Å². The average Bonchev–Trinajstić information content (AvgIpc) is 2.47. The summed E-state index contributed by atoms with van der Waals surface area (Å²) in [5, 5.41) is 20.1. The summed E-state index contributed by atoms with van der Waals surface area (Å²) >= 11 is 1.15. The van der Waals surface area contributed by atoms with Crippen LogP contribution in [0, 0.1) is 10.1 Å². The van der Waals surface area contributed by atoms with Crippen LogP contribution in [0.25, 0.3) is 0 Å². The van der Waals surface area contributed by atoms with Crippen molar-refractivity contribution in [3.05, 3.63) is 64.7 Å². The van der Waals surface area contributed by atoms with Gasteiger partial charge < -0.3 is 5.11 Å². The van der Waals surface area contributed by atoms with Crippen molar-refractivity contribution in [2.45, 2.75) is 4.90 Å². The Hall–Kier alpha value is -2.54. The van der Waals surface area contributed by atoms with Crippen LogP contribution in [0.5, 0.6) is 0 Å². The highest BCUT2D eigenvalue weighted by Crippen LogP contribution is 2.34. The van der Waals surface area contributed by atoms with Crippen LogP contribution in [0.2, 0.25) is 0 Å². The minimum absolute atomic E-state index is 0.123. The lowest BCUT2D eigenvalue weighted by atomic mass is 10.2. The van der Waals surface area contributed by atoms with Gasteiger partial charge in [0.2, 0.25) is 0 Å². The molecule has 2 aromatic rings. The smallest absolute Gasteiger partial charge is 0.324 e. The van der Waals surface area contributed by atoms with Gasteiger partial charge in [0.1, 0.15) is 12.2 Å². The molecule has 0 fully saturated rings. The summed E-state index contributed by atoms with van der Waals surface area (Å²) in [6.07, 6.45) is 0. The minimum atomic E-state index is -1.06. The Morgan fingerprint density at radius 1 is 1.14 bits per heavy atom. The second-order valence-electron chi connectivity index (χ2n) is 4.08. The van der Waals surface area contributed by atoms with Crippen molar-refractivity contribution < 1.29 is 14.8 Å². The molecule has 0 aliphatic carbocycles. The van der Waals surface area contributed by atoms with Gasteiger partial charge in [0.15, 0.2) is 0 Å². The van der Waals surface area contributed by atoms with E-state index in [0.717, 1.165) is 16.8 Å². The Morgan fingerprint density at radius 2 is 1.76 bits per heavy atom. The summed E-state index contributed by atoms with van der Waals surface area (Å²) in [4.78, 5) is 22.4. The number of carboxylic acids is 1. The van der Waals surface area contributed by atoms with Gasteiger partial charge in [-0.3, -0.25) is 19.2 Å². The van der Waals surface area contributed by atoms with Crippen LogP contribution in [0.1, 0.15) is 0 Å². The zero-order valence-electron chi connectivity index (χ0n) is 10.9.